The van der Waals surface area contributed by atoms with Crippen LogP contribution in [0.2, 0.25) is 0 Å². The molecular weight excluding hydrogens is 244 g/mol. The van der Waals surface area contributed by atoms with E-state index in [0.29, 0.717) is 31.8 Å². The smallest absolute Gasteiger partial charge is 0.254 e. The maximum atomic E-state index is 12.1. The van der Waals surface area contributed by atoms with Gasteiger partial charge in [0.05, 0.1) is 12.7 Å². The maximum absolute atomic E-state index is 12.1. The monoisotopic (exact) mass is 264 g/mol. The predicted molar refractivity (Wildman–Crippen MR) is 72.3 cm³/mol. The molecule has 19 heavy (non-hydrogen) atoms. The Morgan fingerprint density at radius 1 is 1.53 bits per heavy atom. The van der Waals surface area contributed by atoms with Crippen LogP contribution in [0, 0.1) is 6.92 Å². The molecule has 5 heteroatoms. The van der Waals surface area contributed by atoms with Crippen LogP contribution in [-0.4, -0.2) is 48.3 Å². The number of hydrogen-bond acceptors (Lipinski definition) is 4. The number of hydrogen-bond donors (Lipinski definition) is 2. The molecule has 1 aromatic rings. The summed E-state index contributed by atoms with van der Waals surface area (Å²) in [5.41, 5.74) is 7.02. The number of benzene rings is 1. The normalized spacial score (nSPS) is 15.2. The van der Waals surface area contributed by atoms with Crippen LogP contribution in [0.1, 0.15) is 22.3 Å². The number of aliphatic hydroxyl groups is 1. The molecule has 3 N–H and O–H groups in total. The van der Waals surface area contributed by atoms with Gasteiger partial charge in [-0.1, -0.05) is 6.07 Å². The molecule has 1 amide bonds. The average molecular weight is 264 g/mol. The van der Waals surface area contributed by atoms with Crippen molar-refractivity contribution in [1.82, 2.24) is 4.90 Å². The molecule has 0 aliphatic carbocycles. The quantitative estimate of drug-likeness (QED) is 0.761. The first-order chi connectivity index (χ1) is 9.11. The van der Waals surface area contributed by atoms with Gasteiger partial charge < -0.3 is 20.5 Å². The van der Waals surface area contributed by atoms with Gasteiger partial charge in [-0.3, -0.25) is 4.79 Å². The standard InChI is InChI=1S/C14H20N2O3/c1-10-3-4-11(7-13(10)19-6-2-5-15)14(18)16-8-12(17)9-16/h3-4,7,12,17H,2,5-6,8-9,15H2,1H3. The Bertz CT molecular complexity index is 456. The summed E-state index contributed by atoms with van der Waals surface area (Å²) in [4.78, 5) is 13.7. The Morgan fingerprint density at radius 3 is 2.89 bits per heavy atom. The Labute approximate surface area is 113 Å². The second kappa shape index (κ2) is 6.04. The van der Waals surface area contributed by atoms with E-state index in [2.05, 4.69) is 0 Å². The first-order valence-electron chi connectivity index (χ1n) is 6.52. The van der Waals surface area contributed by atoms with Crippen molar-refractivity contribution in [3.8, 4) is 5.75 Å². The SMILES string of the molecule is Cc1ccc(C(=O)N2CC(O)C2)cc1OCCCN. The highest BCUT2D eigenvalue weighted by Gasteiger charge is 2.29. The molecule has 0 bridgehead atoms. The summed E-state index contributed by atoms with van der Waals surface area (Å²) in [5.74, 6) is 0.661. The minimum absolute atomic E-state index is 0.0611. The first-order valence-corrected chi connectivity index (χ1v) is 6.52. The zero-order valence-electron chi connectivity index (χ0n) is 11.1. The van der Waals surface area contributed by atoms with E-state index >= 15 is 0 Å². The molecule has 1 aliphatic rings. The summed E-state index contributed by atoms with van der Waals surface area (Å²) in [5, 5.41) is 9.23. The number of carbonyl (C=O) groups is 1. The highest BCUT2D eigenvalue weighted by Crippen LogP contribution is 2.22. The van der Waals surface area contributed by atoms with E-state index in [1.165, 1.54) is 0 Å². The highest BCUT2D eigenvalue weighted by molar-refractivity contribution is 5.95. The maximum Gasteiger partial charge on any atom is 0.254 e. The lowest BCUT2D eigenvalue weighted by Crippen LogP contribution is -2.53. The number of carbonyl (C=O) groups excluding carboxylic acids is 1. The lowest BCUT2D eigenvalue weighted by atomic mass is 10.1. The predicted octanol–water partition coefficient (Wildman–Crippen LogP) is 0.539. The van der Waals surface area contributed by atoms with Gasteiger partial charge in [0, 0.05) is 18.7 Å². The topological polar surface area (TPSA) is 75.8 Å². The van der Waals surface area contributed by atoms with Crippen LogP contribution in [0.15, 0.2) is 18.2 Å². The largest absolute Gasteiger partial charge is 0.493 e. The van der Waals surface area contributed by atoms with Crippen LogP contribution in [-0.2, 0) is 0 Å². The molecule has 0 saturated carbocycles. The third-order valence-corrected chi connectivity index (χ3v) is 3.19. The number of likely N-dealkylation sites (tertiary alicyclic amines) is 1. The Kier molecular flexibility index (Phi) is 4.39. The molecule has 1 fully saturated rings. The molecule has 1 aliphatic heterocycles. The number of nitrogens with two attached hydrogens (primary N) is 1. The number of rotatable bonds is 5. The first kappa shape index (κ1) is 13.8. The molecule has 1 heterocycles. The fraction of sp³-hybridized carbons (Fsp3) is 0.500. The van der Waals surface area contributed by atoms with Crippen LogP contribution in [0.3, 0.4) is 0 Å². The second-order valence-electron chi connectivity index (χ2n) is 4.83. The number of aryl methyl sites for hydroxylation is 1. The number of nitrogens with zero attached hydrogens (tertiary/aromatic N) is 1. The van der Waals surface area contributed by atoms with Crippen molar-refractivity contribution >= 4 is 5.91 Å². The summed E-state index contributed by atoms with van der Waals surface area (Å²) in [6.07, 6.45) is 0.408. The van der Waals surface area contributed by atoms with Crippen molar-refractivity contribution in [1.29, 1.82) is 0 Å². The van der Waals surface area contributed by atoms with Gasteiger partial charge >= 0.3 is 0 Å². The van der Waals surface area contributed by atoms with E-state index in [4.69, 9.17) is 10.5 Å². The lowest BCUT2D eigenvalue weighted by Gasteiger charge is -2.35. The van der Waals surface area contributed by atoms with E-state index in [9.17, 15) is 9.90 Å². The fourth-order valence-electron chi connectivity index (χ4n) is 1.96. The summed E-state index contributed by atoms with van der Waals surface area (Å²) in [6.45, 7) is 3.91. The summed E-state index contributed by atoms with van der Waals surface area (Å²) >= 11 is 0. The van der Waals surface area contributed by atoms with E-state index in [1.54, 1.807) is 17.0 Å². The molecule has 0 unspecified atom stereocenters. The lowest BCUT2D eigenvalue weighted by molar-refractivity contribution is 0.00587. The van der Waals surface area contributed by atoms with Crippen LogP contribution >= 0.6 is 0 Å². The Hall–Kier alpha value is -1.59. The summed E-state index contributed by atoms with van der Waals surface area (Å²) < 4.78 is 5.62. The van der Waals surface area contributed by atoms with Crippen molar-refractivity contribution in [3.05, 3.63) is 29.3 Å². The molecule has 1 aromatic carbocycles. The van der Waals surface area contributed by atoms with Crippen molar-refractivity contribution in [2.45, 2.75) is 19.4 Å². The second-order valence-corrected chi connectivity index (χ2v) is 4.83. The van der Waals surface area contributed by atoms with Crippen molar-refractivity contribution < 1.29 is 14.6 Å². The van der Waals surface area contributed by atoms with Gasteiger partial charge in [0.1, 0.15) is 5.75 Å². The van der Waals surface area contributed by atoms with Gasteiger partial charge in [-0.2, -0.15) is 0 Å². The van der Waals surface area contributed by atoms with Gasteiger partial charge in [0.25, 0.3) is 5.91 Å². The number of β-amino-alcohol motifs (C(OH)–C–C–N with tert-alkyl or cyclic N) is 1. The molecule has 2 rings (SSSR count). The molecule has 5 nitrogen and oxygen atoms in total. The molecule has 0 aromatic heterocycles. The Morgan fingerprint density at radius 2 is 2.26 bits per heavy atom. The van der Waals surface area contributed by atoms with Gasteiger partial charge in [-0.25, -0.2) is 0 Å². The number of amides is 1. The molecule has 0 atom stereocenters. The zero-order chi connectivity index (χ0) is 13.8. The fourth-order valence-corrected chi connectivity index (χ4v) is 1.96. The van der Waals surface area contributed by atoms with Crippen molar-refractivity contribution in [2.75, 3.05) is 26.2 Å². The van der Waals surface area contributed by atoms with Gasteiger partial charge in [0.2, 0.25) is 0 Å². The third kappa shape index (κ3) is 3.24. The summed E-state index contributed by atoms with van der Waals surface area (Å²) in [7, 11) is 0. The average Bonchev–Trinajstić information content (AvgIpc) is 2.37. The van der Waals surface area contributed by atoms with E-state index in [1.807, 2.05) is 13.0 Å². The zero-order valence-corrected chi connectivity index (χ0v) is 11.1. The van der Waals surface area contributed by atoms with Crippen LogP contribution < -0.4 is 10.5 Å². The van der Waals surface area contributed by atoms with E-state index in [0.717, 1.165) is 17.7 Å². The van der Waals surface area contributed by atoms with Gasteiger partial charge in [-0.05, 0) is 37.6 Å². The molecule has 0 spiro atoms. The van der Waals surface area contributed by atoms with Crippen molar-refractivity contribution in [2.24, 2.45) is 5.73 Å². The van der Waals surface area contributed by atoms with Crippen molar-refractivity contribution in [3.63, 3.8) is 0 Å². The van der Waals surface area contributed by atoms with E-state index < -0.39 is 0 Å². The van der Waals surface area contributed by atoms with E-state index in [-0.39, 0.29) is 12.0 Å². The highest BCUT2D eigenvalue weighted by atomic mass is 16.5. The van der Waals surface area contributed by atoms with Gasteiger partial charge in [0.15, 0.2) is 0 Å². The third-order valence-electron chi connectivity index (χ3n) is 3.19. The van der Waals surface area contributed by atoms with Crippen LogP contribution in [0.5, 0.6) is 5.75 Å². The minimum Gasteiger partial charge on any atom is -0.493 e. The molecule has 0 radical (unpaired) electrons. The Balaban J connectivity index is 2.05. The minimum atomic E-state index is -0.380. The van der Waals surface area contributed by atoms with Gasteiger partial charge in [-0.15, -0.1) is 0 Å². The number of aliphatic hydroxyl groups excluding tert-OH is 1. The molecular formula is C14H20N2O3. The van der Waals surface area contributed by atoms with Crippen LogP contribution in [0.4, 0.5) is 0 Å². The number of ether oxygens (including phenoxy) is 1. The van der Waals surface area contributed by atoms with Crippen LogP contribution in [0.25, 0.3) is 0 Å². The molecule has 104 valence electrons. The summed E-state index contributed by atoms with van der Waals surface area (Å²) in [6, 6.07) is 5.43. The molecule has 1 saturated heterocycles.